The number of aliphatic hydroxyl groups is 3. The minimum Gasteiger partial charge on any atom is -0.388 e. The highest BCUT2D eigenvalue weighted by atomic mass is 16.6. The predicted octanol–water partition coefficient (Wildman–Crippen LogP) is -2.05. The fourth-order valence-corrected chi connectivity index (χ4v) is 1.46. The van der Waals surface area contributed by atoms with Crippen molar-refractivity contribution in [2.24, 2.45) is 0 Å². The van der Waals surface area contributed by atoms with Crippen molar-refractivity contribution in [1.29, 1.82) is 0 Å². The van der Waals surface area contributed by atoms with Gasteiger partial charge < -0.3 is 25.4 Å². The quantitative estimate of drug-likeness (QED) is 0.395. The Bertz CT molecular complexity index is 208. The van der Waals surface area contributed by atoms with E-state index in [0.29, 0.717) is 0 Å². The molecule has 4 N–H and O–H groups in total. The maximum absolute atomic E-state index is 10.8. The summed E-state index contributed by atoms with van der Waals surface area (Å²) in [4.78, 5) is 10.8. The Morgan fingerprint density at radius 3 is 2.36 bits per heavy atom. The Balaban J connectivity index is 2.71. The normalized spacial score (nSPS) is 43.4. The fourth-order valence-electron chi connectivity index (χ4n) is 1.46. The molecule has 1 aliphatic rings. The van der Waals surface area contributed by atoms with Gasteiger partial charge in [0, 0.05) is 6.92 Å². The third-order valence-electron chi connectivity index (χ3n) is 2.23. The Kier molecular flexibility index (Phi) is 3.43. The third-order valence-corrected chi connectivity index (χ3v) is 2.23. The van der Waals surface area contributed by atoms with Gasteiger partial charge in [-0.15, -0.1) is 0 Å². The molecule has 5 atom stereocenters. The molecule has 1 fully saturated rings. The van der Waals surface area contributed by atoms with E-state index in [9.17, 15) is 20.1 Å². The molecule has 0 aromatic carbocycles. The Morgan fingerprint density at radius 1 is 1.29 bits per heavy atom. The molecule has 82 valence electrons. The average molecular weight is 205 g/mol. The molecule has 1 amide bonds. The van der Waals surface area contributed by atoms with Gasteiger partial charge in [-0.3, -0.25) is 4.79 Å². The van der Waals surface area contributed by atoms with Crippen molar-refractivity contribution in [3.63, 3.8) is 0 Å². The third kappa shape index (κ3) is 2.21. The first-order chi connectivity index (χ1) is 6.43. The van der Waals surface area contributed by atoms with E-state index in [2.05, 4.69) is 5.32 Å². The van der Waals surface area contributed by atoms with Crippen molar-refractivity contribution >= 4 is 5.91 Å². The summed E-state index contributed by atoms with van der Waals surface area (Å²) in [5, 5.41) is 30.6. The van der Waals surface area contributed by atoms with Crippen LogP contribution in [0.2, 0.25) is 0 Å². The Morgan fingerprint density at radius 2 is 1.86 bits per heavy atom. The Hall–Kier alpha value is -0.690. The molecule has 0 aromatic heterocycles. The first kappa shape index (κ1) is 11.4. The average Bonchev–Trinajstić information content (AvgIpc) is 2.09. The van der Waals surface area contributed by atoms with Crippen LogP contribution < -0.4 is 5.32 Å². The summed E-state index contributed by atoms with van der Waals surface area (Å²) in [6.07, 6.45) is -4.36. The number of hydrogen-bond donors (Lipinski definition) is 4. The van der Waals surface area contributed by atoms with E-state index in [1.54, 1.807) is 6.92 Å². The molecule has 14 heavy (non-hydrogen) atoms. The van der Waals surface area contributed by atoms with Crippen LogP contribution in [0.3, 0.4) is 0 Å². The zero-order valence-corrected chi connectivity index (χ0v) is 8.04. The van der Waals surface area contributed by atoms with Crippen molar-refractivity contribution in [1.82, 2.24) is 5.32 Å². The summed E-state index contributed by atoms with van der Waals surface area (Å²) in [5.41, 5.74) is 0. The highest BCUT2D eigenvalue weighted by Gasteiger charge is 2.42. The molecular formula is C8H15NO5. The molecule has 0 aromatic rings. The van der Waals surface area contributed by atoms with Crippen LogP contribution in [-0.2, 0) is 9.53 Å². The van der Waals surface area contributed by atoms with Crippen molar-refractivity contribution in [2.45, 2.75) is 44.5 Å². The number of hydrogen-bond acceptors (Lipinski definition) is 5. The lowest BCUT2D eigenvalue weighted by atomic mass is 9.97. The van der Waals surface area contributed by atoms with Gasteiger partial charge in [0.25, 0.3) is 0 Å². The minimum atomic E-state index is -1.38. The first-order valence-electron chi connectivity index (χ1n) is 4.40. The van der Waals surface area contributed by atoms with E-state index < -0.39 is 30.6 Å². The molecule has 6 nitrogen and oxygen atoms in total. The summed E-state index contributed by atoms with van der Waals surface area (Å²) < 4.78 is 4.83. The summed E-state index contributed by atoms with van der Waals surface area (Å²) in [6, 6.07) is -0.897. The van der Waals surface area contributed by atoms with Gasteiger partial charge in [0.1, 0.15) is 12.2 Å². The fraction of sp³-hybridized carbons (Fsp3) is 0.875. The lowest BCUT2D eigenvalue weighted by Gasteiger charge is -2.39. The molecule has 1 saturated heterocycles. The summed E-state index contributed by atoms with van der Waals surface area (Å²) in [7, 11) is 0. The first-order valence-corrected chi connectivity index (χ1v) is 4.40. The zero-order chi connectivity index (χ0) is 10.9. The molecule has 1 rings (SSSR count). The lowest BCUT2D eigenvalue weighted by Crippen LogP contribution is -2.62. The van der Waals surface area contributed by atoms with Crippen LogP contribution in [0.15, 0.2) is 0 Å². The lowest BCUT2D eigenvalue weighted by molar-refractivity contribution is -0.251. The van der Waals surface area contributed by atoms with Gasteiger partial charge in [-0.05, 0) is 6.92 Å². The van der Waals surface area contributed by atoms with Crippen LogP contribution in [-0.4, -0.2) is 51.9 Å². The van der Waals surface area contributed by atoms with Gasteiger partial charge in [-0.25, -0.2) is 0 Å². The van der Waals surface area contributed by atoms with Gasteiger partial charge >= 0.3 is 0 Å². The standard InChI is InChI=1S/C8H15NO5/c1-3-6(11)5(9-4(2)10)7(12)8(13)14-3/h3,5-8,11-13H,1-2H3,(H,9,10)/t3-,5+,6+,7-,8+/m0/s1. The predicted molar refractivity (Wildman–Crippen MR) is 46.2 cm³/mol. The maximum atomic E-state index is 10.8. The van der Waals surface area contributed by atoms with Gasteiger partial charge in [0.05, 0.1) is 12.1 Å². The van der Waals surface area contributed by atoms with E-state index >= 15 is 0 Å². The van der Waals surface area contributed by atoms with Crippen LogP contribution in [0.4, 0.5) is 0 Å². The number of aliphatic hydroxyl groups excluding tert-OH is 3. The van der Waals surface area contributed by atoms with Crippen molar-refractivity contribution in [2.75, 3.05) is 0 Å². The van der Waals surface area contributed by atoms with E-state index in [-0.39, 0.29) is 5.91 Å². The van der Waals surface area contributed by atoms with Crippen LogP contribution in [0.5, 0.6) is 0 Å². The van der Waals surface area contributed by atoms with E-state index in [4.69, 9.17) is 4.74 Å². The van der Waals surface area contributed by atoms with E-state index in [0.717, 1.165) is 0 Å². The molecule has 6 heteroatoms. The topological polar surface area (TPSA) is 99.0 Å². The van der Waals surface area contributed by atoms with E-state index in [1.807, 2.05) is 0 Å². The second-order valence-electron chi connectivity index (χ2n) is 3.44. The summed E-state index contributed by atoms with van der Waals surface area (Å²) in [6.45, 7) is 2.82. The van der Waals surface area contributed by atoms with Crippen molar-refractivity contribution < 1.29 is 24.9 Å². The molecule has 0 bridgehead atoms. The molecule has 1 heterocycles. The number of carbonyl (C=O) groups excluding carboxylic acids is 1. The minimum absolute atomic E-state index is 0.380. The van der Waals surface area contributed by atoms with Crippen LogP contribution >= 0.6 is 0 Å². The second kappa shape index (κ2) is 4.22. The number of ether oxygens (including phenoxy) is 1. The SMILES string of the molecule is CC(=O)N[C@@H]1[C@H](O)[C@H](C)O[C@@H](O)[C@H]1O. The van der Waals surface area contributed by atoms with E-state index in [1.165, 1.54) is 6.92 Å². The van der Waals surface area contributed by atoms with Crippen LogP contribution in [0, 0.1) is 0 Å². The second-order valence-corrected chi connectivity index (χ2v) is 3.44. The number of carbonyl (C=O) groups is 1. The van der Waals surface area contributed by atoms with Gasteiger partial charge in [0.15, 0.2) is 6.29 Å². The van der Waals surface area contributed by atoms with Crippen molar-refractivity contribution in [3.05, 3.63) is 0 Å². The maximum Gasteiger partial charge on any atom is 0.217 e. The largest absolute Gasteiger partial charge is 0.388 e. The van der Waals surface area contributed by atoms with Crippen molar-refractivity contribution in [3.8, 4) is 0 Å². The van der Waals surface area contributed by atoms with Crippen LogP contribution in [0.1, 0.15) is 13.8 Å². The summed E-state index contributed by atoms with van der Waals surface area (Å²) >= 11 is 0. The Labute approximate surface area is 81.5 Å². The van der Waals surface area contributed by atoms with Crippen LogP contribution in [0.25, 0.3) is 0 Å². The zero-order valence-electron chi connectivity index (χ0n) is 8.04. The molecular weight excluding hydrogens is 190 g/mol. The summed E-state index contributed by atoms with van der Waals surface area (Å²) in [5.74, 6) is -0.380. The highest BCUT2D eigenvalue weighted by Crippen LogP contribution is 2.19. The van der Waals surface area contributed by atoms with Gasteiger partial charge in [-0.1, -0.05) is 0 Å². The van der Waals surface area contributed by atoms with Gasteiger partial charge in [0.2, 0.25) is 5.91 Å². The molecule has 1 aliphatic heterocycles. The number of nitrogens with one attached hydrogen (secondary N) is 1. The number of rotatable bonds is 1. The molecule has 0 spiro atoms. The molecule has 0 saturated carbocycles. The molecule has 0 aliphatic carbocycles. The molecule has 0 radical (unpaired) electrons. The highest BCUT2D eigenvalue weighted by molar-refractivity contribution is 5.73. The number of amides is 1. The monoisotopic (exact) mass is 205 g/mol. The smallest absolute Gasteiger partial charge is 0.217 e. The molecule has 0 unspecified atom stereocenters. The van der Waals surface area contributed by atoms with Gasteiger partial charge in [-0.2, -0.15) is 0 Å².